The first kappa shape index (κ1) is 13.3. The molecule has 0 heterocycles. The average Bonchev–Trinajstić information content (AvgIpc) is 2.41. The van der Waals surface area contributed by atoms with E-state index in [-0.39, 0.29) is 0 Å². The Balaban J connectivity index is 1.99. The second-order valence-electron chi connectivity index (χ2n) is 4.17. The molecule has 0 fully saturated rings. The van der Waals surface area contributed by atoms with Crippen LogP contribution in [0, 0.1) is 6.92 Å². The number of anilines is 1. The second kappa shape index (κ2) is 6.17. The van der Waals surface area contributed by atoms with Crippen molar-refractivity contribution in [2.75, 3.05) is 11.6 Å². The third-order valence-corrected chi connectivity index (χ3v) is 3.98. The monoisotopic (exact) mass is 277 g/mol. The van der Waals surface area contributed by atoms with Gasteiger partial charge in [0.2, 0.25) is 0 Å². The predicted molar refractivity (Wildman–Crippen MR) is 81.7 cm³/mol. The Bertz CT molecular complexity index is 523. The Morgan fingerprint density at radius 2 is 1.83 bits per heavy atom. The van der Waals surface area contributed by atoms with Gasteiger partial charge in [0.15, 0.2) is 0 Å². The van der Waals surface area contributed by atoms with Gasteiger partial charge in [0.05, 0.1) is 0 Å². The third-order valence-electron chi connectivity index (χ3n) is 2.83. The van der Waals surface area contributed by atoms with Gasteiger partial charge in [-0.25, -0.2) is 0 Å². The highest BCUT2D eigenvalue weighted by Crippen LogP contribution is 2.21. The molecule has 0 aromatic heterocycles. The summed E-state index contributed by atoms with van der Waals surface area (Å²) in [5.41, 5.74) is 3.43. The summed E-state index contributed by atoms with van der Waals surface area (Å²) in [6.07, 6.45) is 2.08. The number of halogens is 1. The van der Waals surface area contributed by atoms with Gasteiger partial charge in [0.1, 0.15) is 0 Å². The predicted octanol–water partition coefficient (Wildman–Crippen LogP) is 4.98. The number of thioether (sulfide) groups is 1. The minimum atomic E-state index is 0.803. The van der Waals surface area contributed by atoms with Crippen LogP contribution in [0.1, 0.15) is 11.1 Å². The molecule has 2 rings (SSSR count). The maximum Gasteiger partial charge on any atom is 0.0455 e. The molecule has 3 heteroatoms. The van der Waals surface area contributed by atoms with E-state index in [1.54, 1.807) is 11.8 Å². The fourth-order valence-corrected chi connectivity index (χ4v) is 2.24. The molecule has 0 amide bonds. The molecule has 2 aromatic rings. The van der Waals surface area contributed by atoms with Crippen LogP contribution in [0.3, 0.4) is 0 Å². The van der Waals surface area contributed by atoms with E-state index < -0.39 is 0 Å². The van der Waals surface area contributed by atoms with E-state index in [0.717, 1.165) is 22.8 Å². The molecule has 94 valence electrons. The minimum absolute atomic E-state index is 0.803. The summed E-state index contributed by atoms with van der Waals surface area (Å²) in [7, 11) is 0. The molecule has 0 aliphatic carbocycles. The van der Waals surface area contributed by atoms with Crippen molar-refractivity contribution in [2.45, 2.75) is 18.4 Å². The van der Waals surface area contributed by atoms with Crippen LogP contribution in [-0.4, -0.2) is 6.26 Å². The molecular weight excluding hydrogens is 262 g/mol. The van der Waals surface area contributed by atoms with Crippen molar-refractivity contribution in [1.29, 1.82) is 0 Å². The molecule has 1 nitrogen and oxygen atoms in total. The van der Waals surface area contributed by atoms with Crippen LogP contribution in [0.4, 0.5) is 5.69 Å². The molecule has 0 aliphatic heterocycles. The highest BCUT2D eigenvalue weighted by Gasteiger charge is 1.98. The lowest BCUT2D eigenvalue weighted by Crippen LogP contribution is -1.99. The normalized spacial score (nSPS) is 10.4. The van der Waals surface area contributed by atoms with Gasteiger partial charge in [-0.15, -0.1) is 11.8 Å². The van der Waals surface area contributed by atoms with Gasteiger partial charge in [-0.3, -0.25) is 0 Å². The third kappa shape index (κ3) is 3.44. The van der Waals surface area contributed by atoms with Gasteiger partial charge in [-0.1, -0.05) is 29.8 Å². The SMILES string of the molecule is CSc1ccc(CNc2ccc(C)c(Cl)c2)cc1. The van der Waals surface area contributed by atoms with Crippen molar-refractivity contribution < 1.29 is 0 Å². The van der Waals surface area contributed by atoms with Gasteiger partial charge in [0, 0.05) is 22.2 Å². The number of hydrogen-bond donors (Lipinski definition) is 1. The summed E-state index contributed by atoms with van der Waals surface area (Å²) >= 11 is 7.85. The highest BCUT2D eigenvalue weighted by atomic mass is 35.5. The molecule has 0 saturated carbocycles. The molecule has 0 unspecified atom stereocenters. The maximum absolute atomic E-state index is 6.09. The first-order valence-electron chi connectivity index (χ1n) is 5.82. The molecule has 0 spiro atoms. The van der Waals surface area contributed by atoms with E-state index in [0.29, 0.717) is 0 Å². The molecule has 0 radical (unpaired) electrons. The van der Waals surface area contributed by atoms with Crippen LogP contribution in [0.15, 0.2) is 47.4 Å². The number of rotatable bonds is 4. The Morgan fingerprint density at radius 3 is 2.44 bits per heavy atom. The lowest BCUT2D eigenvalue weighted by molar-refractivity contribution is 1.14. The summed E-state index contributed by atoms with van der Waals surface area (Å²) in [4.78, 5) is 1.29. The van der Waals surface area contributed by atoms with Gasteiger partial charge < -0.3 is 5.32 Å². The zero-order valence-electron chi connectivity index (χ0n) is 10.5. The average molecular weight is 278 g/mol. The lowest BCUT2D eigenvalue weighted by Gasteiger charge is -2.08. The van der Waals surface area contributed by atoms with Gasteiger partial charge in [-0.2, -0.15) is 0 Å². The minimum Gasteiger partial charge on any atom is -0.381 e. The van der Waals surface area contributed by atoms with Gasteiger partial charge in [-0.05, 0) is 48.6 Å². The molecule has 0 aliphatic rings. The standard InChI is InChI=1S/C15H16ClNS/c1-11-3-6-13(9-15(11)16)17-10-12-4-7-14(18-2)8-5-12/h3-9,17H,10H2,1-2H3. The van der Waals surface area contributed by atoms with Crippen molar-refractivity contribution in [1.82, 2.24) is 0 Å². The van der Waals surface area contributed by atoms with Crippen LogP contribution in [-0.2, 0) is 6.54 Å². The number of nitrogens with one attached hydrogen (secondary N) is 1. The Kier molecular flexibility index (Phi) is 4.56. The molecular formula is C15H16ClNS. The van der Waals surface area contributed by atoms with E-state index in [4.69, 9.17) is 11.6 Å². The molecule has 1 N–H and O–H groups in total. The summed E-state index contributed by atoms with van der Waals surface area (Å²) in [5.74, 6) is 0. The van der Waals surface area contributed by atoms with E-state index >= 15 is 0 Å². The molecule has 0 saturated heterocycles. The van der Waals surface area contributed by atoms with Crippen molar-refractivity contribution in [3.8, 4) is 0 Å². The lowest BCUT2D eigenvalue weighted by atomic mass is 10.2. The summed E-state index contributed by atoms with van der Waals surface area (Å²) in [6, 6.07) is 14.6. The Labute approximate surface area is 118 Å². The fourth-order valence-electron chi connectivity index (χ4n) is 1.65. The Hall–Kier alpha value is -1.12. The quantitative estimate of drug-likeness (QED) is 0.791. The van der Waals surface area contributed by atoms with Crippen LogP contribution in [0.25, 0.3) is 0 Å². The fraction of sp³-hybridized carbons (Fsp3) is 0.200. The smallest absolute Gasteiger partial charge is 0.0455 e. The topological polar surface area (TPSA) is 12.0 Å². The van der Waals surface area contributed by atoms with Crippen molar-refractivity contribution >= 4 is 29.1 Å². The first-order valence-corrected chi connectivity index (χ1v) is 7.42. The molecule has 0 bridgehead atoms. The second-order valence-corrected chi connectivity index (χ2v) is 5.45. The zero-order valence-corrected chi connectivity index (χ0v) is 12.1. The van der Waals surface area contributed by atoms with Crippen LogP contribution < -0.4 is 5.32 Å². The number of aryl methyl sites for hydroxylation is 1. The zero-order chi connectivity index (χ0) is 13.0. The first-order chi connectivity index (χ1) is 8.69. The van der Waals surface area contributed by atoms with E-state index in [1.165, 1.54) is 10.5 Å². The van der Waals surface area contributed by atoms with Gasteiger partial charge in [0.25, 0.3) is 0 Å². The summed E-state index contributed by atoms with van der Waals surface area (Å²) in [5, 5.41) is 4.18. The van der Waals surface area contributed by atoms with E-state index in [2.05, 4.69) is 41.9 Å². The Morgan fingerprint density at radius 1 is 1.11 bits per heavy atom. The number of benzene rings is 2. The summed E-state index contributed by atoms with van der Waals surface area (Å²) < 4.78 is 0. The summed E-state index contributed by atoms with van der Waals surface area (Å²) in [6.45, 7) is 2.82. The van der Waals surface area contributed by atoms with Crippen LogP contribution in [0.2, 0.25) is 5.02 Å². The molecule has 2 aromatic carbocycles. The van der Waals surface area contributed by atoms with Crippen molar-refractivity contribution in [2.24, 2.45) is 0 Å². The maximum atomic E-state index is 6.09. The highest BCUT2D eigenvalue weighted by molar-refractivity contribution is 7.98. The van der Waals surface area contributed by atoms with E-state index in [1.807, 2.05) is 19.1 Å². The molecule has 18 heavy (non-hydrogen) atoms. The number of hydrogen-bond acceptors (Lipinski definition) is 2. The van der Waals surface area contributed by atoms with Crippen LogP contribution in [0.5, 0.6) is 0 Å². The van der Waals surface area contributed by atoms with Crippen molar-refractivity contribution in [3.05, 3.63) is 58.6 Å². The van der Waals surface area contributed by atoms with Gasteiger partial charge >= 0.3 is 0 Å². The van der Waals surface area contributed by atoms with Crippen LogP contribution >= 0.6 is 23.4 Å². The largest absolute Gasteiger partial charge is 0.381 e. The van der Waals surface area contributed by atoms with Crippen molar-refractivity contribution in [3.63, 3.8) is 0 Å². The van der Waals surface area contributed by atoms with E-state index in [9.17, 15) is 0 Å². The molecule has 0 atom stereocenters.